The van der Waals surface area contributed by atoms with Gasteiger partial charge in [-0.2, -0.15) is 0 Å². The van der Waals surface area contributed by atoms with Gasteiger partial charge in [0.05, 0.1) is 5.71 Å². The first-order valence-corrected chi connectivity index (χ1v) is 8.20. The summed E-state index contributed by atoms with van der Waals surface area (Å²) in [5.41, 5.74) is 7.76. The first-order valence-electron chi connectivity index (χ1n) is 8.20. The molecule has 1 atom stereocenters. The maximum Gasteiger partial charge on any atom is 0.127 e. The quantitative estimate of drug-likeness (QED) is 0.180. The van der Waals surface area contributed by atoms with Gasteiger partial charge in [-0.3, -0.25) is 0 Å². The molecule has 0 aliphatic rings. The van der Waals surface area contributed by atoms with Gasteiger partial charge in [-0.25, -0.2) is 0 Å². The lowest BCUT2D eigenvalue weighted by Crippen LogP contribution is -2.20. The van der Waals surface area contributed by atoms with Gasteiger partial charge in [-0.05, 0) is 37.3 Å². The van der Waals surface area contributed by atoms with Crippen LogP contribution in [0.25, 0.3) is 0 Å². The molecule has 0 aliphatic heterocycles. The molecule has 0 saturated heterocycles. The van der Waals surface area contributed by atoms with Crippen molar-refractivity contribution < 1.29 is 4.84 Å². The van der Waals surface area contributed by atoms with Crippen LogP contribution < -0.4 is 5.73 Å². The molecule has 3 heteroatoms. The van der Waals surface area contributed by atoms with Crippen molar-refractivity contribution in [2.75, 3.05) is 0 Å². The summed E-state index contributed by atoms with van der Waals surface area (Å²) in [6, 6.07) is 0.0106. The van der Waals surface area contributed by atoms with Crippen molar-refractivity contribution in [3.05, 3.63) is 49.3 Å². The number of oxime groups is 1. The summed E-state index contributed by atoms with van der Waals surface area (Å²) in [6.07, 6.45) is 10.3. The number of unbranched alkanes of at least 4 members (excludes halogenated alkanes) is 1. The zero-order chi connectivity index (χ0) is 17.4. The minimum absolute atomic E-state index is 0.0106. The summed E-state index contributed by atoms with van der Waals surface area (Å²) in [6.45, 7) is 19.3. The van der Waals surface area contributed by atoms with E-state index in [-0.39, 0.29) is 6.04 Å². The summed E-state index contributed by atoms with van der Waals surface area (Å²) >= 11 is 0. The van der Waals surface area contributed by atoms with Gasteiger partial charge in [0.2, 0.25) is 0 Å². The Morgan fingerprint density at radius 2 is 1.86 bits per heavy atom. The third-order valence-electron chi connectivity index (χ3n) is 2.98. The number of nitrogens with zero attached hydrogens (tertiary/aromatic N) is 1. The van der Waals surface area contributed by atoms with Crippen molar-refractivity contribution in [1.29, 1.82) is 0 Å². The largest absolute Gasteiger partial charge is 0.362 e. The van der Waals surface area contributed by atoms with Crippen molar-refractivity contribution in [3.8, 4) is 0 Å². The third kappa shape index (κ3) is 12.2. The Hall–Kier alpha value is -1.61. The van der Waals surface area contributed by atoms with Crippen LogP contribution in [-0.4, -0.2) is 11.8 Å². The fourth-order valence-electron chi connectivity index (χ4n) is 1.41. The van der Waals surface area contributed by atoms with E-state index in [0.717, 1.165) is 43.4 Å². The van der Waals surface area contributed by atoms with Gasteiger partial charge in [0.15, 0.2) is 0 Å². The van der Waals surface area contributed by atoms with Gasteiger partial charge in [-0.1, -0.05) is 64.7 Å². The highest BCUT2D eigenvalue weighted by Crippen LogP contribution is 2.08. The van der Waals surface area contributed by atoms with Crippen molar-refractivity contribution in [2.24, 2.45) is 10.9 Å². The molecule has 3 nitrogen and oxygen atoms in total. The van der Waals surface area contributed by atoms with E-state index >= 15 is 0 Å². The molecule has 0 rings (SSSR count). The van der Waals surface area contributed by atoms with E-state index in [0.29, 0.717) is 5.76 Å². The van der Waals surface area contributed by atoms with Crippen LogP contribution in [0.2, 0.25) is 0 Å². The summed E-state index contributed by atoms with van der Waals surface area (Å²) in [5.74, 6) is 0.679. The maximum absolute atomic E-state index is 5.94. The van der Waals surface area contributed by atoms with Gasteiger partial charge in [-0.15, -0.1) is 0 Å². The number of hydrogen-bond donors (Lipinski definition) is 1. The highest BCUT2D eigenvalue weighted by Gasteiger charge is 2.02. The van der Waals surface area contributed by atoms with E-state index in [1.165, 1.54) is 0 Å². The lowest BCUT2D eigenvalue weighted by atomic mass is 10.0. The highest BCUT2D eigenvalue weighted by atomic mass is 16.6. The Morgan fingerprint density at radius 1 is 1.23 bits per heavy atom. The van der Waals surface area contributed by atoms with Crippen LogP contribution in [0.5, 0.6) is 0 Å². The van der Waals surface area contributed by atoms with Gasteiger partial charge in [0.1, 0.15) is 5.76 Å². The van der Waals surface area contributed by atoms with Gasteiger partial charge >= 0.3 is 0 Å². The van der Waals surface area contributed by atoms with Crippen molar-refractivity contribution in [1.82, 2.24) is 0 Å². The highest BCUT2D eigenvalue weighted by molar-refractivity contribution is 5.94. The zero-order valence-corrected chi connectivity index (χ0v) is 14.9. The number of nitrogens with two attached hydrogens (primary N) is 1. The van der Waals surface area contributed by atoms with Crippen LogP contribution in [0.3, 0.4) is 0 Å². The van der Waals surface area contributed by atoms with Gasteiger partial charge in [0, 0.05) is 12.5 Å². The fraction of sp³-hybridized carbons (Fsp3) is 0.526. The Morgan fingerprint density at radius 3 is 2.36 bits per heavy atom. The first kappa shape index (κ1) is 22.7. The Balaban J connectivity index is 0. The molecule has 0 aromatic carbocycles. The van der Waals surface area contributed by atoms with Crippen LogP contribution >= 0.6 is 0 Å². The molecule has 0 radical (unpaired) electrons. The molecule has 0 aromatic heterocycles. The molecule has 126 valence electrons. The molecule has 0 heterocycles. The van der Waals surface area contributed by atoms with Crippen LogP contribution in [-0.2, 0) is 4.84 Å². The van der Waals surface area contributed by atoms with Crippen LogP contribution in [0.15, 0.2) is 54.5 Å². The molecule has 1 unspecified atom stereocenters. The van der Waals surface area contributed by atoms with E-state index in [9.17, 15) is 0 Å². The first-order chi connectivity index (χ1) is 10.5. The average Bonchev–Trinajstić information content (AvgIpc) is 2.57. The smallest absolute Gasteiger partial charge is 0.127 e. The maximum atomic E-state index is 5.94. The molecule has 0 saturated carbocycles. The molecule has 2 N–H and O–H groups in total. The topological polar surface area (TPSA) is 47.6 Å². The van der Waals surface area contributed by atoms with Crippen LogP contribution in [0.4, 0.5) is 0 Å². The minimum atomic E-state index is 0.0106. The van der Waals surface area contributed by atoms with E-state index in [1.807, 2.05) is 33.8 Å². The standard InChI is InChI=1S/C17H28N2O.C2H6/c1-6-14(4)17(18)13-11-9-10-12-16(8-3)19-20-15(5)7-2;1-2/h6,10,12,17H,1,4-5,7-9,11,13,18H2,2-3H3;1-2H3/b12-10+,19-16+;. The second kappa shape index (κ2) is 15.8. The van der Waals surface area contributed by atoms with Crippen LogP contribution in [0, 0.1) is 0 Å². The monoisotopic (exact) mass is 306 g/mol. The Kier molecular flexibility index (Phi) is 16.3. The predicted octanol–water partition coefficient (Wildman–Crippen LogP) is 5.51. The lowest BCUT2D eigenvalue weighted by molar-refractivity contribution is 0.220. The number of rotatable bonds is 11. The minimum Gasteiger partial charge on any atom is -0.362 e. The second-order valence-corrected chi connectivity index (χ2v) is 4.64. The van der Waals surface area contributed by atoms with Gasteiger partial charge in [0.25, 0.3) is 0 Å². The van der Waals surface area contributed by atoms with Crippen molar-refractivity contribution in [2.45, 2.75) is 65.8 Å². The average molecular weight is 306 g/mol. The fourth-order valence-corrected chi connectivity index (χ4v) is 1.41. The molecule has 0 spiro atoms. The number of allylic oxidation sites excluding steroid dienone is 3. The third-order valence-corrected chi connectivity index (χ3v) is 2.98. The SMILES string of the molecule is C=CC(=C)C(N)CCC/C=C/C(CC)=N/OC(=C)CC.CC. The molecule has 0 bridgehead atoms. The van der Waals surface area contributed by atoms with Crippen LogP contribution in [0.1, 0.15) is 59.8 Å². The van der Waals surface area contributed by atoms with Crippen molar-refractivity contribution in [3.63, 3.8) is 0 Å². The zero-order valence-electron chi connectivity index (χ0n) is 14.9. The van der Waals surface area contributed by atoms with E-state index < -0.39 is 0 Å². The Labute approximate surface area is 137 Å². The molecule has 0 amide bonds. The summed E-state index contributed by atoms with van der Waals surface area (Å²) < 4.78 is 0. The molecule has 22 heavy (non-hydrogen) atoms. The molecular weight excluding hydrogens is 272 g/mol. The second-order valence-electron chi connectivity index (χ2n) is 4.64. The molecule has 0 aliphatic carbocycles. The lowest BCUT2D eigenvalue weighted by Gasteiger charge is -2.10. The van der Waals surface area contributed by atoms with Gasteiger partial charge < -0.3 is 10.6 Å². The summed E-state index contributed by atoms with van der Waals surface area (Å²) in [5, 5.41) is 4.07. The Bertz CT molecular complexity index is 381. The van der Waals surface area contributed by atoms with E-state index in [2.05, 4.69) is 31.0 Å². The summed E-state index contributed by atoms with van der Waals surface area (Å²) in [7, 11) is 0. The molecule has 0 fully saturated rings. The number of hydrogen-bond acceptors (Lipinski definition) is 3. The molecular formula is C19H34N2O. The van der Waals surface area contributed by atoms with E-state index in [4.69, 9.17) is 10.6 Å². The predicted molar refractivity (Wildman–Crippen MR) is 99.9 cm³/mol. The molecule has 0 aromatic rings. The van der Waals surface area contributed by atoms with E-state index in [1.54, 1.807) is 6.08 Å². The van der Waals surface area contributed by atoms with Crippen molar-refractivity contribution >= 4 is 5.71 Å². The summed E-state index contributed by atoms with van der Waals surface area (Å²) in [4.78, 5) is 5.19. The normalized spacial score (nSPS) is 12.3.